The van der Waals surface area contributed by atoms with Crippen LogP contribution in [0.3, 0.4) is 0 Å². The van der Waals surface area contributed by atoms with Crippen molar-refractivity contribution >= 4 is 34.8 Å². The number of amides is 2. The minimum Gasteiger partial charge on any atom is -0.318 e. The zero-order chi connectivity index (χ0) is 17.7. The summed E-state index contributed by atoms with van der Waals surface area (Å²) >= 11 is 5.91. The minimum atomic E-state index is -0.923. The SMILES string of the molecule is C/C(=N/NC(=O)C(=O)Nc1ccc(C)cc1)c1ccc(F)cc1Cl. The van der Waals surface area contributed by atoms with E-state index in [1.54, 1.807) is 19.1 Å². The predicted octanol–water partition coefficient (Wildman–Crippen LogP) is 3.27. The Morgan fingerprint density at radius 1 is 1.08 bits per heavy atom. The van der Waals surface area contributed by atoms with Crippen LogP contribution in [0.15, 0.2) is 47.6 Å². The summed E-state index contributed by atoms with van der Waals surface area (Å²) in [6.07, 6.45) is 0. The Morgan fingerprint density at radius 3 is 2.38 bits per heavy atom. The van der Waals surface area contributed by atoms with E-state index in [0.717, 1.165) is 11.6 Å². The number of hydrogen-bond donors (Lipinski definition) is 2. The number of rotatable bonds is 3. The molecule has 0 heterocycles. The smallest absolute Gasteiger partial charge is 0.318 e. The number of aryl methyl sites for hydroxylation is 1. The van der Waals surface area contributed by atoms with E-state index in [2.05, 4.69) is 15.8 Å². The van der Waals surface area contributed by atoms with Crippen LogP contribution in [0.1, 0.15) is 18.1 Å². The number of carbonyl (C=O) groups excluding carboxylic acids is 2. The zero-order valence-electron chi connectivity index (χ0n) is 13.1. The van der Waals surface area contributed by atoms with Crippen molar-refractivity contribution in [3.8, 4) is 0 Å². The molecular weight excluding hydrogens is 333 g/mol. The molecule has 24 heavy (non-hydrogen) atoms. The zero-order valence-corrected chi connectivity index (χ0v) is 13.8. The predicted molar refractivity (Wildman–Crippen MR) is 91.6 cm³/mol. The van der Waals surface area contributed by atoms with Crippen LogP contribution in [0.25, 0.3) is 0 Å². The van der Waals surface area contributed by atoms with Crippen LogP contribution in [-0.2, 0) is 9.59 Å². The number of nitrogens with one attached hydrogen (secondary N) is 2. The van der Waals surface area contributed by atoms with Crippen LogP contribution < -0.4 is 10.7 Å². The molecule has 0 bridgehead atoms. The van der Waals surface area contributed by atoms with Crippen molar-refractivity contribution in [2.24, 2.45) is 5.10 Å². The van der Waals surface area contributed by atoms with Gasteiger partial charge in [0.1, 0.15) is 5.82 Å². The number of nitrogens with zero attached hydrogens (tertiary/aromatic N) is 1. The lowest BCUT2D eigenvalue weighted by Gasteiger charge is -2.06. The molecule has 0 radical (unpaired) electrons. The number of carbonyl (C=O) groups is 2. The van der Waals surface area contributed by atoms with Crippen LogP contribution >= 0.6 is 11.6 Å². The highest BCUT2D eigenvalue weighted by Crippen LogP contribution is 2.17. The van der Waals surface area contributed by atoms with Gasteiger partial charge in [-0.25, -0.2) is 9.82 Å². The standard InChI is InChI=1S/C17H15ClFN3O2/c1-10-3-6-13(7-4-10)20-16(23)17(24)22-21-11(2)14-8-5-12(19)9-15(14)18/h3-9H,1-2H3,(H,20,23)(H,22,24)/b21-11-. The second-order valence-electron chi connectivity index (χ2n) is 5.08. The minimum absolute atomic E-state index is 0.162. The first kappa shape index (κ1) is 17.6. The molecule has 5 nitrogen and oxygen atoms in total. The van der Waals surface area contributed by atoms with Crippen LogP contribution in [0.4, 0.5) is 10.1 Å². The lowest BCUT2D eigenvalue weighted by atomic mass is 10.1. The van der Waals surface area contributed by atoms with Crippen molar-refractivity contribution in [1.29, 1.82) is 0 Å². The number of benzene rings is 2. The van der Waals surface area contributed by atoms with E-state index in [4.69, 9.17) is 11.6 Å². The molecule has 0 aliphatic rings. The topological polar surface area (TPSA) is 70.6 Å². The Labute approximate surface area is 143 Å². The molecule has 7 heteroatoms. The van der Waals surface area contributed by atoms with Crippen LogP contribution in [-0.4, -0.2) is 17.5 Å². The highest BCUT2D eigenvalue weighted by Gasteiger charge is 2.13. The lowest BCUT2D eigenvalue weighted by Crippen LogP contribution is -2.32. The van der Waals surface area contributed by atoms with Crippen LogP contribution in [0.5, 0.6) is 0 Å². The van der Waals surface area contributed by atoms with Crippen molar-refractivity contribution in [2.75, 3.05) is 5.32 Å². The normalized spacial score (nSPS) is 11.1. The average Bonchev–Trinajstić information content (AvgIpc) is 2.54. The molecule has 0 saturated carbocycles. The summed E-state index contributed by atoms with van der Waals surface area (Å²) in [6.45, 7) is 3.49. The molecule has 0 aliphatic heterocycles. The van der Waals surface area contributed by atoms with Gasteiger partial charge in [-0.3, -0.25) is 9.59 Å². The maximum atomic E-state index is 13.0. The second-order valence-corrected chi connectivity index (χ2v) is 5.49. The Balaban J connectivity index is 2.00. The maximum absolute atomic E-state index is 13.0. The fourth-order valence-corrected chi connectivity index (χ4v) is 2.16. The molecule has 2 rings (SSSR count). The third-order valence-electron chi connectivity index (χ3n) is 3.16. The first-order chi connectivity index (χ1) is 11.4. The molecule has 0 aliphatic carbocycles. The quantitative estimate of drug-likeness (QED) is 0.508. The van der Waals surface area contributed by atoms with Gasteiger partial charge in [-0.15, -0.1) is 0 Å². The highest BCUT2D eigenvalue weighted by atomic mass is 35.5. The van der Waals surface area contributed by atoms with Gasteiger partial charge in [-0.05, 0) is 44.2 Å². The van der Waals surface area contributed by atoms with Crippen molar-refractivity contribution in [3.63, 3.8) is 0 Å². The van der Waals surface area contributed by atoms with Crippen LogP contribution in [0.2, 0.25) is 5.02 Å². The van der Waals surface area contributed by atoms with Crippen LogP contribution in [0, 0.1) is 12.7 Å². The first-order valence-electron chi connectivity index (χ1n) is 7.04. The Kier molecular flexibility index (Phi) is 5.65. The molecule has 2 N–H and O–H groups in total. The van der Waals surface area contributed by atoms with Gasteiger partial charge < -0.3 is 5.32 Å². The summed E-state index contributed by atoms with van der Waals surface area (Å²) < 4.78 is 13.0. The molecule has 2 amide bonds. The summed E-state index contributed by atoms with van der Waals surface area (Å²) in [7, 11) is 0. The maximum Gasteiger partial charge on any atom is 0.329 e. The lowest BCUT2D eigenvalue weighted by molar-refractivity contribution is -0.136. The Morgan fingerprint density at radius 2 is 1.75 bits per heavy atom. The fraction of sp³-hybridized carbons (Fsp3) is 0.118. The summed E-state index contributed by atoms with van der Waals surface area (Å²) in [6, 6.07) is 10.8. The van der Waals surface area contributed by atoms with Gasteiger partial charge in [0.05, 0.1) is 10.7 Å². The van der Waals surface area contributed by atoms with E-state index in [9.17, 15) is 14.0 Å². The van der Waals surface area contributed by atoms with Gasteiger partial charge in [-0.2, -0.15) is 5.10 Å². The number of hydrazone groups is 1. The summed E-state index contributed by atoms with van der Waals surface area (Å²) in [5, 5.41) is 6.43. The van der Waals surface area contributed by atoms with Gasteiger partial charge in [0.2, 0.25) is 0 Å². The van der Waals surface area contributed by atoms with E-state index in [1.807, 2.05) is 19.1 Å². The molecular formula is C17H15ClFN3O2. The monoisotopic (exact) mass is 347 g/mol. The highest BCUT2D eigenvalue weighted by molar-refractivity contribution is 6.39. The van der Waals surface area contributed by atoms with E-state index in [-0.39, 0.29) is 5.02 Å². The molecule has 0 saturated heterocycles. The van der Waals surface area contributed by atoms with E-state index < -0.39 is 17.6 Å². The molecule has 124 valence electrons. The first-order valence-corrected chi connectivity index (χ1v) is 7.42. The molecule has 0 aromatic heterocycles. The van der Waals surface area contributed by atoms with E-state index >= 15 is 0 Å². The van der Waals surface area contributed by atoms with Crippen molar-refractivity contribution in [3.05, 3.63) is 64.4 Å². The number of anilines is 1. The van der Waals surface area contributed by atoms with Gasteiger partial charge in [-0.1, -0.05) is 29.3 Å². The molecule has 0 spiro atoms. The average molecular weight is 348 g/mol. The number of hydrogen-bond acceptors (Lipinski definition) is 3. The van der Waals surface area contributed by atoms with Gasteiger partial charge >= 0.3 is 11.8 Å². The largest absolute Gasteiger partial charge is 0.329 e. The Hall–Kier alpha value is -2.73. The summed E-state index contributed by atoms with van der Waals surface area (Å²) in [5.41, 5.74) is 4.48. The number of halogens is 2. The molecule has 2 aromatic carbocycles. The third kappa shape index (κ3) is 4.63. The second kappa shape index (κ2) is 7.70. The van der Waals surface area contributed by atoms with Crippen molar-refractivity contribution in [1.82, 2.24) is 5.43 Å². The molecule has 0 unspecified atom stereocenters. The third-order valence-corrected chi connectivity index (χ3v) is 3.47. The summed E-state index contributed by atoms with van der Waals surface area (Å²) in [5.74, 6) is -2.24. The van der Waals surface area contributed by atoms with Gasteiger partial charge in [0.15, 0.2) is 0 Å². The van der Waals surface area contributed by atoms with E-state index in [0.29, 0.717) is 17.0 Å². The molecule has 0 atom stereocenters. The van der Waals surface area contributed by atoms with Crippen molar-refractivity contribution in [2.45, 2.75) is 13.8 Å². The fourth-order valence-electron chi connectivity index (χ4n) is 1.85. The van der Waals surface area contributed by atoms with E-state index in [1.165, 1.54) is 12.1 Å². The Bertz CT molecular complexity index is 804. The molecule has 0 fully saturated rings. The van der Waals surface area contributed by atoms with Gasteiger partial charge in [0.25, 0.3) is 0 Å². The van der Waals surface area contributed by atoms with Crippen molar-refractivity contribution < 1.29 is 14.0 Å². The summed E-state index contributed by atoms with van der Waals surface area (Å²) in [4.78, 5) is 23.6. The van der Waals surface area contributed by atoms with Gasteiger partial charge in [0, 0.05) is 11.3 Å². The molecule has 2 aromatic rings.